The largest absolute Gasteiger partial charge is 0.519 e. The summed E-state index contributed by atoms with van der Waals surface area (Å²) >= 11 is 0. The van der Waals surface area contributed by atoms with Gasteiger partial charge in [0.15, 0.2) is 11.5 Å². The van der Waals surface area contributed by atoms with Gasteiger partial charge in [-0.3, -0.25) is 0 Å². The molecule has 2 rings (SSSR count). The van der Waals surface area contributed by atoms with Gasteiger partial charge in [-0.25, -0.2) is 4.79 Å². The average Bonchev–Trinajstić information content (AvgIpc) is 2.99. The number of hydrogen-bond acceptors (Lipinski definition) is 5. The molecule has 0 bridgehead atoms. The Morgan fingerprint density at radius 2 is 1.50 bits per heavy atom. The predicted octanol–water partition coefficient (Wildman–Crippen LogP) is 4.87. The van der Waals surface area contributed by atoms with Crippen molar-refractivity contribution in [2.24, 2.45) is 0 Å². The van der Waals surface area contributed by atoms with Gasteiger partial charge < -0.3 is 18.4 Å². The molecule has 0 aliphatic rings. The van der Waals surface area contributed by atoms with Gasteiger partial charge in [0, 0.05) is 17.9 Å². The molecule has 26 heavy (non-hydrogen) atoms. The van der Waals surface area contributed by atoms with Crippen molar-refractivity contribution in [1.29, 1.82) is 0 Å². The molecule has 0 aliphatic heterocycles. The number of carbonyl (C=O) groups is 1. The van der Waals surface area contributed by atoms with E-state index in [0.29, 0.717) is 11.5 Å². The third kappa shape index (κ3) is 5.43. The first-order chi connectivity index (χ1) is 12.2. The van der Waals surface area contributed by atoms with Crippen molar-refractivity contribution in [3.8, 4) is 0 Å². The van der Waals surface area contributed by atoms with Crippen LogP contribution in [0.1, 0.15) is 65.6 Å². The van der Waals surface area contributed by atoms with Gasteiger partial charge in [-0.15, -0.1) is 0 Å². The van der Waals surface area contributed by atoms with E-state index in [4.69, 9.17) is 18.4 Å². The highest BCUT2D eigenvalue weighted by Gasteiger charge is 2.44. The van der Waals surface area contributed by atoms with Gasteiger partial charge in [0.05, 0.1) is 0 Å². The number of benzene rings is 1. The molecule has 5 heteroatoms. The Balaban J connectivity index is 0.00000113. The van der Waals surface area contributed by atoms with Gasteiger partial charge in [-0.2, -0.15) is 0 Å². The minimum absolute atomic E-state index is 0.218. The molecule has 0 unspecified atom stereocenters. The molecule has 2 aromatic rings. The van der Waals surface area contributed by atoms with Crippen molar-refractivity contribution in [3.05, 3.63) is 58.0 Å². The predicted molar refractivity (Wildman–Crippen MR) is 104 cm³/mol. The molecule has 5 nitrogen and oxygen atoms in total. The van der Waals surface area contributed by atoms with Crippen molar-refractivity contribution in [1.82, 2.24) is 0 Å². The number of aldehydes is 1. The second-order valence-electron chi connectivity index (χ2n) is 6.49. The molecule has 0 N–H and O–H groups in total. The lowest BCUT2D eigenvalue weighted by molar-refractivity contribution is -0.106. The second-order valence-corrected chi connectivity index (χ2v) is 6.49. The number of hydrogen-bond donors (Lipinski definition) is 0. The third-order valence-electron chi connectivity index (χ3n) is 4.55. The zero-order valence-corrected chi connectivity index (χ0v) is 17.2. The van der Waals surface area contributed by atoms with Crippen molar-refractivity contribution in [3.63, 3.8) is 0 Å². The second kappa shape index (κ2) is 10.8. The summed E-state index contributed by atoms with van der Waals surface area (Å²) in [4.78, 5) is 20.3. The number of rotatable bonds is 5. The number of ether oxygens (including phenoxy) is 1. The summed E-state index contributed by atoms with van der Waals surface area (Å²) in [5.41, 5.74) is 0.479. The molecule has 0 saturated heterocycles. The fourth-order valence-electron chi connectivity index (χ4n) is 2.51. The van der Waals surface area contributed by atoms with Crippen molar-refractivity contribution < 1.29 is 18.4 Å². The maximum Gasteiger partial charge on any atom is 0.519 e. The molecule has 1 aromatic heterocycles. The van der Waals surface area contributed by atoms with Crippen molar-refractivity contribution >= 4 is 6.29 Å². The minimum Gasteiger partial charge on any atom is -0.395 e. The summed E-state index contributed by atoms with van der Waals surface area (Å²) in [6.45, 7) is 14.0. The lowest BCUT2D eigenvalue weighted by atomic mass is 9.62. The summed E-state index contributed by atoms with van der Waals surface area (Å²) in [7, 11) is 1.56. The molecule has 146 valence electrons. The van der Waals surface area contributed by atoms with E-state index < -0.39 is 11.2 Å². The third-order valence-corrected chi connectivity index (χ3v) is 4.55. The quantitative estimate of drug-likeness (QED) is 0.708. The minimum atomic E-state index is -0.686. The molecule has 0 saturated carbocycles. The molecule has 1 aromatic carbocycles. The maximum atomic E-state index is 11.5. The van der Waals surface area contributed by atoms with E-state index in [1.807, 2.05) is 45.9 Å². The Labute approximate surface area is 156 Å². The standard InChI is InChI=1S/C17H22O4.C2H4O.C2H6/c1-16(2,12-9-7-6-8-10-12)17(3,4)14-13(11-19-5)20-15(18)21-14;1-2-3;1-2/h6-10H,11H2,1-5H3;2H,1H3;1-2H3. The van der Waals surface area contributed by atoms with Crippen LogP contribution in [-0.4, -0.2) is 13.4 Å². The summed E-state index contributed by atoms with van der Waals surface area (Å²) in [6.07, 6.45) is 0.750. The fourth-order valence-corrected chi connectivity index (χ4v) is 2.51. The van der Waals surface area contributed by atoms with Crippen LogP contribution < -0.4 is 5.82 Å². The fraction of sp³-hybridized carbons (Fsp3) is 0.524. The number of carbonyl (C=O) groups excluding carboxylic acids is 1. The highest BCUT2D eigenvalue weighted by molar-refractivity contribution is 5.44. The Morgan fingerprint density at radius 1 is 1.00 bits per heavy atom. The van der Waals surface area contributed by atoms with Crippen LogP contribution in [0.3, 0.4) is 0 Å². The molecule has 0 spiro atoms. The van der Waals surface area contributed by atoms with E-state index >= 15 is 0 Å². The summed E-state index contributed by atoms with van der Waals surface area (Å²) in [5, 5.41) is 0. The van der Waals surface area contributed by atoms with Crippen LogP contribution in [0.15, 0.2) is 44.0 Å². The van der Waals surface area contributed by atoms with E-state index in [2.05, 4.69) is 26.0 Å². The molecule has 0 atom stereocenters. The van der Waals surface area contributed by atoms with Gasteiger partial charge in [0.25, 0.3) is 0 Å². The summed E-state index contributed by atoms with van der Waals surface area (Å²) in [6, 6.07) is 10.2. The SMILES string of the molecule is CC.CC=O.COCc1oc(=O)oc1C(C)(C)C(C)(C)c1ccccc1. The monoisotopic (exact) mass is 364 g/mol. The molecule has 0 radical (unpaired) electrons. The number of methoxy groups -OCH3 is 1. The van der Waals surface area contributed by atoms with E-state index in [9.17, 15) is 4.79 Å². The van der Waals surface area contributed by atoms with Crippen molar-refractivity contribution in [2.75, 3.05) is 7.11 Å². The molecule has 0 fully saturated rings. The molecule has 1 heterocycles. The lowest BCUT2D eigenvalue weighted by Gasteiger charge is -2.40. The van der Waals surface area contributed by atoms with Crippen LogP contribution in [0.2, 0.25) is 0 Å². The molecule has 0 amide bonds. The average molecular weight is 364 g/mol. The molecular formula is C21H32O5. The maximum absolute atomic E-state index is 11.5. The Hall–Kier alpha value is -2.14. The van der Waals surface area contributed by atoms with E-state index in [1.54, 1.807) is 7.11 Å². The van der Waals surface area contributed by atoms with Gasteiger partial charge in [0.1, 0.15) is 12.9 Å². The topological polar surface area (TPSA) is 69.7 Å². The first-order valence-corrected chi connectivity index (χ1v) is 8.79. The zero-order chi connectivity index (χ0) is 20.4. The summed E-state index contributed by atoms with van der Waals surface area (Å²) in [5.74, 6) is 0.314. The first kappa shape index (κ1) is 23.9. The van der Waals surface area contributed by atoms with Gasteiger partial charge in [-0.05, 0) is 12.5 Å². The van der Waals surface area contributed by atoms with Crippen LogP contribution in [0.5, 0.6) is 0 Å². The zero-order valence-electron chi connectivity index (χ0n) is 17.2. The van der Waals surface area contributed by atoms with Crippen LogP contribution >= 0.6 is 0 Å². The summed E-state index contributed by atoms with van der Waals surface area (Å²) < 4.78 is 15.6. The Kier molecular flexibility index (Phi) is 9.88. The van der Waals surface area contributed by atoms with E-state index in [1.165, 1.54) is 12.5 Å². The smallest absolute Gasteiger partial charge is 0.395 e. The van der Waals surface area contributed by atoms with Gasteiger partial charge >= 0.3 is 5.82 Å². The highest BCUT2D eigenvalue weighted by atomic mass is 16.6. The normalized spacial score (nSPS) is 10.9. The Bertz CT molecular complexity index is 693. The van der Waals surface area contributed by atoms with Crippen molar-refractivity contribution in [2.45, 2.75) is 65.9 Å². The first-order valence-electron chi connectivity index (χ1n) is 8.79. The van der Waals surface area contributed by atoms with Crippen LogP contribution in [0.25, 0.3) is 0 Å². The van der Waals surface area contributed by atoms with E-state index in [0.717, 1.165) is 6.29 Å². The van der Waals surface area contributed by atoms with Crippen LogP contribution in [0, 0.1) is 0 Å². The Morgan fingerprint density at radius 3 is 1.96 bits per heavy atom. The van der Waals surface area contributed by atoms with Crippen LogP contribution in [-0.2, 0) is 27.0 Å². The van der Waals surface area contributed by atoms with Gasteiger partial charge in [0.2, 0.25) is 0 Å². The highest BCUT2D eigenvalue weighted by Crippen LogP contribution is 2.44. The van der Waals surface area contributed by atoms with Gasteiger partial charge in [-0.1, -0.05) is 71.9 Å². The van der Waals surface area contributed by atoms with Crippen LogP contribution in [0.4, 0.5) is 0 Å². The lowest BCUT2D eigenvalue weighted by Crippen LogP contribution is -2.40. The van der Waals surface area contributed by atoms with E-state index in [-0.39, 0.29) is 12.0 Å². The molecular weight excluding hydrogens is 332 g/mol. The molecule has 0 aliphatic carbocycles.